The van der Waals surface area contributed by atoms with Crippen molar-refractivity contribution >= 4 is 17.6 Å². The van der Waals surface area contributed by atoms with E-state index in [4.69, 9.17) is 21.4 Å². The number of carboxylic acids is 1. The molecule has 5 heteroatoms. The van der Waals surface area contributed by atoms with E-state index < -0.39 is 5.97 Å². The highest BCUT2D eigenvalue weighted by molar-refractivity contribution is 6.30. The second-order valence-corrected chi connectivity index (χ2v) is 5.43. The van der Waals surface area contributed by atoms with Crippen molar-refractivity contribution in [2.45, 2.75) is 26.4 Å². The van der Waals surface area contributed by atoms with E-state index in [1.165, 1.54) is 6.07 Å². The third-order valence-corrected chi connectivity index (χ3v) is 3.21. The fraction of sp³-hybridized carbons (Fsp3) is 0.250. The Hall–Kier alpha value is -2.07. The SMILES string of the molecule is CC(C)c1cc(C(=O)O)cc(OCc2ccc(Cl)cc2)n1. The molecule has 0 radical (unpaired) electrons. The van der Waals surface area contributed by atoms with Crippen molar-refractivity contribution in [2.24, 2.45) is 0 Å². The highest BCUT2D eigenvalue weighted by Crippen LogP contribution is 2.20. The van der Waals surface area contributed by atoms with Gasteiger partial charge in [-0.1, -0.05) is 37.6 Å². The van der Waals surface area contributed by atoms with Crippen molar-refractivity contribution in [1.29, 1.82) is 0 Å². The van der Waals surface area contributed by atoms with E-state index in [1.807, 2.05) is 26.0 Å². The average Bonchev–Trinajstić information content (AvgIpc) is 2.46. The number of nitrogens with zero attached hydrogens (tertiary/aromatic N) is 1. The fourth-order valence-electron chi connectivity index (χ4n) is 1.76. The first kappa shape index (κ1) is 15.3. The number of rotatable bonds is 5. The molecule has 0 saturated heterocycles. The molecule has 110 valence electrons. The van der Waals surface area contributed by atoms with Crippen LogP contribution in [0.5, 0.6) is 5.88 Å². The fourth-order valence-corrected chi connectivity index (χ4v) is 1.88. The molecule has 1 N–H and O–H groups in total. The number of carboxylic acid groups (broad SMARTS) is 1. The normalized spacial score (nSPS) is 10.7. The third kappa shape index (κ3) is 4.20. The topological polar surface area (TPSA) is 59.4 Å². The van der Waals surface area contributed by atoms with Crippen LogP contribution in [0.15, 0.2) is 36.4 Å². The summed E-state index contributed by atoms with van der Waals surface area (Å²) in [6.07, 6.45) is 0. The van der Waals surface area contributed by atoms with Crippen LogP contribution in [0.25, 0.3) is 0 Å². The summed E-state index contributed by atoms with van der Waals surface area (Å²) in [6.45, 7) is 4.22. The summed E-state index contributed by atoms with van der Waals surface area (Å²) in [4.78, 5) is 15.5. The molecular formula is C16H16ClNO3. The van der Waals surface area contributed by atoms with Crippen LogP contribution >= 0.6 is 11.6 Å². The molecule has 0 unspecified atom stereocenters. The van der Waals surface area contributed by atoms with E-state index >= 15 is 0 Å². The van der Waals surface area contributed by atoms with Crippen LogP contribution in [0, 0.1) is 0 Å². The molecule has 0 aliphatic heterocycles. The summed E-state index contributed by atoms with van der Waals surface area (Å²) < 4.78 is 5.60. The summed E-state index contributed by atoms with van der Waals surface area (Å²) >= 11 is 5.82. The minimum Gasteiger partial charge on any atom is -0.478 e. The largest absolute Gasteiger partial charge is 0.478 e. The zero-order chi connectivity index (χ0) is 15.4. The predicted molar refractivity (Wildman–Crippen MR) is 81.1 cm³/mol. The number of ether oxygens (including phenoxy) is 1. The number of benzene rings is 1. The molecule has 0 amide bonds. The van der Waals surface area contributed by atoms with Crippen LogP contribution in [-0.4, -0.2) is 16.1 Å². The number of aromatic nitrogens is 1. The van der Waals surface area contributed by atoms with Gasteiger partial charge >= 0.3 is 5.97 Å². The molecule has 2 rings (SSSR count). The van der Waals surface area contributed by atoms with Crippen LogP contribution in [0.4, 0.5) is 0 Å². The Morgan fingerprint density at radius 2 is 1.95 bits per heavy atom. The minimum absolute atomic E-state index is 0.127. The molecule has 0 aliphatic rings. The highest BCUT2D eigenvalue weighted by Gasteiger charge is 2.11. The first-order chi connectivity index (χ1) is 9.95. The number of hydrogen-bond donors (Lipinski definition) is 1. The van der Waals surface area contributed by atoms with Gasteiger partial charge in [0.2, 0.25) is 5.88 Å². The van der Waals surface area contributed by atoms with Gasteiger partial charge in [0.25, 0.3) is 0 Å². The molecule has 0 atom stereocenters. The number of carbonyl (C=O) groups is 1. The average molecular weight is 306 g/mol. The zero-order valence-electron chi connectivity index (χ0n) is 11.8. The third-order valence-electron chi connectivity index (χ3n) is 2.96. The van der Waals surface area contributed by atoms with E-state index in [1.54, 1.807) is 18.2 Å². The standard InChI is InChI=1S/C16H16ClNO3/c1-10(2)14-7-12(16(19)20)8-15(18-14)21-9-11-3-5-13(17)6-4-11/h3-8,10H,9H2,1-2H3,(H,19,20). The first-order valence-corrected chi connectivity index (χ1v) is 6.96. The number of hydrogen-bond acceptors (Lipinski definition) is 3. The molecule has 0 aliphatic carbocycles. The Balaban J connectivity index is 2.18. The molecule has 1 heterocycles. The maximum atomic E-state index is 11.1. The molecule has 2 aromatic rings. The van der Waals surface area contributed by atoms with Gasteiger partial charge in [-0.15, -0.1) is 0 Å². The van der Waals surface area contributed by atoms with Crippen molar-refractivity contribution in [3.8, 4) is 5.88 Å². The first-order valence-electron chi connectivity index (χ1n) is 6.58. The lowest BCUT2D eigenvalue weighted by Gasteiger charge is -2.10. The van der Waals surface area contributed by atoms with Gasteiger partial charge in [-0.3, -0.25) is 0 Å². The van der Waals surface area contributed by atoms with Gasteiger partial charge in [0, 0.05) is 16.8 Å². The Kier molecular flexibility index (Phi) is 4.81. The lowest BCUT2D eigenvalue weighted by molar-refractivity contribution is 0.0696. The molecule has 0 saturated carbocycles. The number of pyridine rings is 1. The van der Waals surface area contributed by atoms with Gasteiger partial charge in [0.15, 0.2) is 0 Å². The maximum Gasteiger partial charge on any atom is 0.335 e. The van der Waals surface area contributed by atoms with Crippen LogP contribution in [0.2, 0.25) is 5.02 Å². The summed E-state index contributed by atoms with van der Waals surface area (Å²) in [5.74, 6) is -0.550. The Morgan fingerprint density at radius 1 is 1.29 bits per heavy atom. The molecule has 0 bridgehead atoms. The van der Waals surface area contributed by atoms with Gasteiger partial charge in [-0.25, -0.2) is 9.78 Å². The van der Waals surface area contributed by atoms with E-state index in [9.17, 15) is 4.79 Å². The molecule has 21 heavy (non-hydrogen) atoms. The molecule has 0 fully saturated rings. The van der Waals surface area contributed by atoms with Crippen molar-refractivity contribution < 1.29 is 14.6 Å². The maximum absolute atomic E-state index is 11.1. The van der Waals surface area contributed by atoms with Crippen LogP contribution in [0.1, 0.15) is 41.4 Å². The smallest absolute Gasteiger partial charge is 0.335 e. The number of halogens is 1. The van der Waals surface area contributed by atoms with Crippen molar-refractivity contribution in [2.75, 3.05) is 0 Å². The monoisotopic (exact) mass is 305 g/mol. The van der Waals surface area contributed by atoms with E-state index in [0.29, 0.717) is 23.2 Å². The van der Waals surface area contributed by atoms with E-state index in [2.05, 4.69) is 4.98 Å². The highest BCUT2D eigenvalue weighted by atomic mass is 35.5. The Morgan fingerprint density at radius 3 is 2.52 bits per heavy atom. The number of aromatic carboxylic acids is 1. The van der Waals surface area contributed by atoms with E-state index in [-0.39, 0.29) is 11.5 Å². The second kappa shape index (κ2) is 6.59. The Labute approximate surface area is 128 Å². The summed E-state index contributed by atoms with van der Waals surface area (Å²) in [7, 11) is 0. The molecule has 1 aromatic carbocycles. The van der Waals surface area contributed by atoms with Crippen molar-refractivity contribution in [1.82, 2.24) is 4.98 Å². The van der Waals surface area contributed by atoms with Crippen molar-refractivity contribution in [3.63, 3.8) is 0 Å². The van der Waals surface area contributed by atoms with Crippen LogP contribution < -0.4 is 4.74 Å². The van der Waals surface area contributed by atoms with Gasteiger partial charge in [0.1, 0.15) is 6.61 Å². The van der Waals surface area contributed by atoms with Gasteiger partial charge in [-0.2, -0.15) is 0 Å². The quantitative estimate of drug-likeness (QED) is 0.902. The molecule has 4 nitrogen and oxygen atoms in total. The molecule has 1 aromatic heterocycles. The van der Waals surface area contributed by atoms with Crippen molar-refractivity contribution in [3.05, 3.63) is 58.2 Å². The van der Waals surface area contributed by atoms with Gasteiger partial charge in [-0.05, 0) is 29.7 Å². The lowest BCUT2D eigenvalue weighted by atomic mass is 10.1. The van der Waals surface area contributed by atoms with Crippen LogP contribution in [-0.2, 0) is 6.61 Å². The minimum atomic E-state index is -0.990. The predicted octanol–water partition coefficient (Wildman–Crippen LogP) is 4.14. The van der Waals surface area contributed by atoms with Gasteiger partial charge in [0.05, 0.1) is 5.56 Å². The molecular weight excluding hydrogens is 290 g/mol. The van der Waals surface area contributed by atoms with Gasteiger partial charge < -0.3 is 9.84 Å². The second-order valence-electron chi connectivity index (χ2n) is 4.99. The Bertz CT molecular complexity index is 638. The zero-order valence-corrected chi connectivity index (χ0v) is 12.6. The summed E-state index contributed by atoms with van der Waals surface area (Å²) in [6, 6.07) is 10.3. The lowest BCUT2D eigenvalue weighted by Crippen LogP contribution is -2.05. The summed E-state index contributed by atoms with van der Waals surface area (Å²) in [5, 5.41) is 9.79. The van der Waals surface area contributed by atoms with Crippen LogP contribution in [0.3, 0.4) is 0 Å². The summed E-state index contributed by atoms with van der Waals surface area (Å²) in [5.41, 5.74) is 1.81. The molecule has 0 spiro atoms. The van der Waals surface area contributed by atoms with E-state index in [0.717, 1.165) is 5.56 Å².